The van der Waals surface area contributed by atoms with Gasteiger partial charge in [-0.1, -0.05) is 6.92 Å². The van der Waals surface area contributed by atoms with E-state index in [4.69, 9.17) is 5.26 Å². The van der Waals surface area contributed by atoms with Crippen LogP contribution in [-0.4, -0.2) is 36.6 Å². The predicted molar refractivity (Wildman–Crippen MR) is 64.7 cm³/mol. The van der Waals surface area contributed by atoms with Gasteiger partial charge < -0.3 is 4.90 Å². The van der Waals surface area contributed by atoms with Gasteiger partial charge in [0.1, 0.15) is 5.54 Å². The summed E-state index contributed by atoms with van der Waals surface area (Å²) in [6.45, 7) is 10.3. The van der Waals surface area contributed by atoms with Crippen LogP contribution in [0.1, 0.15) is 40.5 Å². The Kier molecular flexibility index (Phi) is 6.55. The molecule has 0 spiro atoms. The van der Waals surface area contributed by atoms with Crippen LogP contribution in [0.3, 0.4) is 0 Å². The number of nitrogens with one attached hydrogen (secondary N) is 1. The third kappa shape index (κ3) is 5.76. The molecule has 0 amide bonds. The molecule has 0 aliphatic rings. The Morgan fingerprint density at radius 3 is 2.47 bits per heavy atom. The van der Waals surface area contributed by atoms with Crippen molar-refractivity contribution in [1.29, 1.82) is 5.26 Å². The molecule has 0 bridgehead atoms. The van der Waals surface area contributed by atoms with Crippen LogP contribution >= 0.6 is 0 Å². The van der Waals surface area contributed by atoms with Crippen molar-refractivity contribution in [1.82, 2.24) is 10.2 Å². The highest BCUT2D eigenvalue weighted by atomic mass is 15.1. The average molecular weight is 211 g/mol. The second kappa shape index (κ2) is 6.81. The van der Waals surface area contributed by atoms with E-state index in [0.717, 1.165) is 25.9 Å². The van der Waals surface area contributed by atoms with Crippen LogP contribution in [0.2, 0.25) is 0 Å². The van der Waals surface area contributed by atoms with Crippen LogP contribution in [0.5, 0.6) is 0 Å². The number of nitriles is 1. The van der Waals surface area contributed by atoms with E-state index in [1.165, 1.54) is 0 Å². The molecule has 0 heterocycles. The third-order valence-electron chi connectivity index (χ3n) is 2.86. The van der Waals surface area contributed by atoms with Gasteiger partial charge in [-0.05, 0) is 47.2 Å². The van der Waals surface area contributed by atoms with Gasteiger partial charge in [-0.25, -0.2) is 0 Å². The van der Waals surface area contributed by atoms with Crippen LogP contribution in [0.15, 0.2) is 0 Å². The second-order valence-corrected chi connectivity index (χ2v) is 4.70. The molecule has 0 saturated heterocycles. The molecule has 0 saturated carbocycles. The molecule has 1 atom stereocenters. The molecule has 15 heavy (non-hydrogen) atoms. The minimum absolute atomic E-state index is 0.376. The molecule has 1 N–H and O–H groups in total. The third-order valence-corrected chi connectivity index (χ3v) is 2.86. The fourth-order valence-corrected chi connectivity index (χ4v) is 1.24. The quantitative estimate of drug-likeness (QED) is 0.700. The molecule has 0 rings (SSSR count). The molecule has 0 radical (unpaired) electrons. The Balaban J connectivity index is 4.04. The van der Waals surface area contributed by atoms with Crippen molar-refractivity contribution < 1.29 is 0 Å². The van der Waals surface area contributed by atoms with Crippen LogP contribution in [-0.2, 0) is 0 Å². The molecule has 0 fully saturated rings. The molecule has 3 heteroatoms. The summed E-state index contributed by atoms with van der Waals surface area (Å²) in [5, 5.41) is 12.4. The number of hydrogen-bond donors (Lipinski definition) is 1. The van der Waals surface area contributed by atoms with Crippen molar-refractivity contribution in [2.45, 2.75) is 52.1 Å². The summed E-state index contributed by atoms with van der Waals surface area (Å²) in [5.74, 6) is 0. The lowest BCUT2D eigenvalue weighted by Crippen LogP contribution is -2.44. The van der Waals surface area contributed by atoms with E-state index in [9.17, 15) is 0 Å². The predicted octanol–water partition coefficient (Wildman–Crippen LogP) is 2.00. The Morgan fingerprint density at radius 2 is 2.07 bits per heavy atom. The van der Waals surface area contributed by atoms with Gasteiger partial charge in [0.25, 0.3) is 0 Å². The zero-order chi connectivity index (χ0) is 11.9. The monoisotopic (exact) mass is 211 g/mol. The topological polar surface area (TPSA) is 39.1 Å². The molecule has 0 aromatic heterocycles. The molecule has 0 aliphatic carbocycles. The lowest BCUT2D eigenvalue weighted by molar-refractivity contribution is 0.244. The molecule has 1 unspecified atom stereocenters. The van der Waals surface area contributed by atoms with Gasteiger partial charge in [-0.3, -0.25) is 5.32 Å². The maximum atomic E-state index is 9.13. The molecular weight excluding hydrogens is 186 g/mol. The van der Waals surface area contributed by atoms with Crippen molar-refractivity contribution >= 4 is 0 Å². The van der Waals surface area contributed by atoms with Crippen LogP contribution in [0.4, 0.5) is 0 Å². The highest BCUT2D eigenvalue weighted by molar-refractivity contribution is 5.03. The van der Waals surface area contributed by atoms with E-state index in [2.05, 4.69) is 44.1 Å². The Labute approximate surface area is 94.5 Å². The Morgan fingerprint density at radius 1 is 1.47 bits per heavy atom. The van der Waals surface area contributed by atoms with Gasteiger partial charge in [0, 0.05) is 12.6 Å². The zero-order valence-corrected chi connectivity index (χ0v) is 10.8. The molecule has 3 nitrogen and oxygen atoms in total. The standard InChI is InChI=1S/C12H25N3/c1-6-8-14-12(4,10-13)7-9-15(5)11(2)3/h11,14H,6-9H2,1-5H3. The summed E-state index contributed by atoms with van der Waals surface area (Å²) in [6, 6.07) is 2.91. The fraction of sp³-hybridized carbons (Fsp3) is 0.917. The first-order valence-corrected chi connectivity index (χ1v) is 5.81. The van der Waals surface area contributed by atoms with Gasteiger partial charge in [0.05, 0.1) is 6.07 Å². The van der Waals surface area contributed by atoms with Gasteiger partial charge in [0.15, 0.2) is 0 Å². The van der Waals surface area contributed by atoms with Crippen molar-refractivity contribution in [3.63, 3.8) is 0 Å². The Hall–Kier alpha value is -0.590. The van der Waals surface area contributed by atoms with E-state index in [1.807, 2.05) is 6.92 Å². The van der Waals surface area contributed by atoms with Crippen molar-refractivity contribution in [2.24, 2.45) is 0 Å². The zero-order valence-electron chi connectivity index (χ0n) is 10.8. The minimum Gasteiger partial charge on any atom is -0.304 e. The summed E-state index contributed by atoms with van der Waals surface area (Å²) >= 11 is 0. The SMILES string of the molecule is CCCNC(C)(C#N)CCN(C)C(C)C. The van der Waals surface area contributed by atoms with Crippen molar-refractivity contribution in [3.8, 4) is 6.07 Å². The van der Waals surface area contributed by atoms with E-state index in [-0.39, 0.29) is 5.54 Å². The van der Waals surface area contributed by atoms with Gasteiger partial charge in [0.2, 0.25) is 0 Å². The second-order valence-electron chi connectivity index (χ2n) is 4.70. The molecule has 88 valence electrons. The lowest BCUT2D eigenvalue weighted by Gasteiger charge is -2.28. The van der Waals surface area contributed by atoms with E-state index < -0.39 is 0 Å². The molecule has 0 aromatic carbocycles. The van der Waals surface area contributed by atoms with E-state index >= 15 is 0 Å². The Bertz CT molecular complexity index is 207. The highest BCUT2D eigenvalue weighted by Gasteiger charge is 2.23. The lowest BCUT2D eigenvalue weighted by atomic mass is 9.99. The normalized spacial score (nSPS) is 15.3. The largest absolute Gasteiger partial charge is 0.304 e. The van der Waals surface area contributed by atoms with Crippen molar-refractivity contribution in [3.05, 3.63) is 0 Å². The smallest absolute Gasteiger partial charge is 0.105 e. The molecule has 0 aromatic rings. The first kappa shape index (κ1) is 14.4. The summed E-state index contributed by atoms with van der Waals surface area (Å²) < 4.78 is 0. The molecule has 0 aliphatic heterocycles. The number of hydrogen-bond acceptors (Lipinski definition) is 3. The number of nitrogens with zero attached hydrogens (tertiary/aromatic N) is 2. The van der Waals surface area contributed by atoms with E-state index in [0.29, 0.717) is 6.04 Å². The van der Waals surface area contributed by atoms with Crippen LogP contribution in [0, 0.1) is 11.3 Å². The maximum Gasteiger partial charge on any atom is 0.105 e. The first-order valence-electron chi connectivity index (χ1n) is 5.81. The van der Waals surface area contributed by atoms with Crippen LogP contribution in [0.25, 0.3) is 0 Å². The number of rotatable bonds is 7. The van der Waals surface area contributed by atoms with Gasteiger partial charge in [-0.2, -0.15) is 5.26 Å². The van der Waals surface area contributed by atoms with Crippen LogP contribution < -0.4 is 5.32 Å². The van der Waals surface area contributed by atoms with E-state index in [1.54, 1.807) is 0 Å². The fourth-order valence-electron chi connectivity index (χ4n) is 1.24. The summed E-state index contributed by atoms with van der Waals surface area (Å²) in [6.07, 6.45) is 1.94. The minimum atomic E-state index is -0.376. The molecular formula is C12H25N3. The summed E-state index contributed by atoms with van der Waals surface area (Å²) in [5.41, 5.74) is -0.376. The summed E-state index contributed by atoms with van der Waals surface area (Å²) in [7, 11) is 2.10. The highest BCUT2D eigenvalue weighted by Crippen LogP contribution is 2.10. The van der Waals surface area contributed by atoms with Crippen molar-refractivity contribution in [2.75, 3.05) is 20.1 Å². The maximum absolute atomic E-state index is 9.13. The summed E-state index contributed by atoms with van der Waals surface area (Å²) in [4.78, 5) is 2.27. The first-order chi connectivity index (χ1) is 6.95. The van der Waals surface area contributed by atoms with Gasteiger partial charge in [-0.15, -0.1) is 0 Å². The van der Waals surface area contributed by atoms with Gasteiger partial charge >= 0.3 is 0 Å². The average Bonchev–Trinajstić information content (AvgIpc) is 2.22.